The first-order valence-electron chi connectivity index (χ1n) is 6.71. The highest BCUT2D eigenvalue weighted by Crippen LogP contribution is 2.22. The van der Waals surface area contributed by atoms with Crippen LogP contribution in [0.3, 0.4) is 0 Å². The Kier molecular flexibility index (Phi) is 8.61. The molecule has 0 radical (unpaired) electrons. The Morgan fingerprint density at radius 2 is 1.88 bits per heavy atom. The van der Waals surface area contributed by atoms with Crippen LogP contribution in [0.4, 0.5) is 0 Å². The zero-order valence-electron chi connectivity index (χ0n) is 11.2. The van der Waals surface area contributed by atoms with Crippen LogP contribution < -0.4 is 5.32 Å². The van der Waals surface area contributed by atoms with Crippen molar-refractivity contribution in [1.82, 2.24) is 5.32 Å². The molecule has 0 heterocycles. The molecule has 0 aromatic rings. The Bertz CT molecular complexity index is 178. The summed E-state index contributed by atoms with van der Waals surface area (Å²) in [7, 11) is 3.53. The Balaban J connectivity index is 1.91. The maximum absolute atomic E-state index is 5.85. The van der Waals surface area contributed by atoms with Crippen molar-refractivity contribution in [3.05, 3.63) is 0 Å². The summed E-state index contributed by atoms with van der Waals surface area (Å²) in [5.74, 6) is 0. The number of ether oxygens (including phenoxy) is 3. The van der Waals surface area contributed by atoms with Crippen LogP contribution in [0.25, 0.3) is 0 Å². The fourth-order valence-corrected chi connectivity index (χ4v) is 2.23. The lowest BCUT2D eigenvalue weighted by atomic mass is 9.95. The third kappa shape index (κ3) is 6.99. The Morgan fingerprint density at radius 3 is 2.65 bits per heavy atom. The van der Waals surface area contributed by atoms with E-state index in [4.69, 9.17) is 14.2 Å². The number of hydrogen-bond acceptors (Lipinski definition) is 4. The molecule has 0 spiro atoms. The van der Waals surface area contributed by atoms with Crippen LogP contribution in [0.2, 0.25) is 0 Å². The molecule has 0 aromatic carbocycles. The number of methoxy groups -OCH3 is 2. The average molecular weight is 245 g/mol. The smallest absolute Gasteiger partial charge is 0.0600 e. The summed E-state index contributed by atoms with van der Waals surface area (Å²) in [6, 6.07) is 0. The molecule has 1 N–H and O–H groups in total. The van der Waals surface area contributed by atoms with Gasteiger partial charge >= 0.3 is 0 Å². The van der Waals surface area contributed by atoms with Crippen molar-refractivity contribution < 1.29 is 14.2 Å². The van der Waals surface area contributed by atoms with Gasteiger partial charge in [0.15, 0.2) is 0 Å². The van der Waals surface area contributed by atoms with Gasteiger partial charge in [-0.2, -0.15) is 0 Å². The van der Waals surface area contributed by atoms with E-state index in [0.29, 0.717) is 12.2 Å². The summed E-state index contributed by atoms with van der Waals surface area (Å²) >= 11 is 0. The van der Waals surface area contributed by atoms with Crippen molar-refractivity contribution in [3.8, 4) is 0 Å². The second kappa shape index (κ2) is 9.83. The summed E-state index contributed by atoms with van der Waals surface area (Å²) in [6.07, 6.45) is 6.52. The predicted octanol–water partition coefficient (Wildman–Crippen LogP) is 1.59. The SMILES string of the molecule is COCCCNCCOC1CCCC(OC)C1. The van der Waals surface area contributed by atoms with Crippen molar-refractivity contribution >= 4 is 0 Å². The van der Waals surface area contributed by atoms with Crippen molar-refractivity contribution in [2.24, 2.45) is 0 Å². The van der Waals surface area contributed by atoms with E-state index in [-0.39, 0.29) is 0 Å². The summed E-state index contributed by atoms with van der Waals surface area (Å²) in [5.41, 5.74) is 0. The summed E-state index contributed by atoms with van der Waals surface area (Å²) in [4.78, 5) is 0. The van der Waals surface area contributed by atoms with E-state index in [1.165, 1.54) is 19.3 Å². The highest BCUT2D eigenvalue weighted by molar-refractivity contribution is 4.73. The molecule has 1 fully saturated rings. The van der Waals surface area contributed by atoms with Crippen LogP contribution in [-0.4, -0.2) is 52.7 Å². The first-order chi connectivity index (χ1) is 8.36. The third-order valence-electron chi connectivity index (χ3n) is 3.25. The second-order valence-corrected chi connectivity index (χ2v) is 4.61. The molecule has 1 rings (SSSR count). The summed E-state index contributed by atoms with van der Waals surface area (Å²) in [6.45, 7) is 3.56. The topological polar surface area (TPSA) is 39.7 Å². The Labute approximate surface area is 105 Å². The van der Waals surface area contributed by atoms with Gasteiger partial charge in [0.05, 0.1) is 18.8 Å². The van der Waals surface area contributed by atoms with Gasteiger partial charge < -0.3 is 19.5 Å². The highest BCUT2D eigenvalue weighted by Gasteiger charge is 2.21. The lowest BCUT2D eigenvalue weighted by Crippen LogP contribution is -2.30. The maximum atomic E-state index is 5.85. The van der Waals surface area contributed by atoms with Crippen LogP contribution in [0.15, 0.2) is 0 Å². The van der Waals surface area contributed by atoms with Gasteiger partial charge in [-0.15, -0.1) is 0 Å². The molecule has 1 saturated carbocycles. The maximum Gasteiger partial charge on any atom is 0.0600 e. The molecule has 4 heteroatoms. The van der Waals surface area contributed by atoms with E-state index >= 15 is 0 Å². The second-order valence-electron chi connectivity index (χ2n) is 4.61. The molecule has 1 aliphatic rings. The van der Waals surface area contributed by atoms with Crippen molar-refractivity contribution in [2.75, 3.05) is 40.5 Å². The number of nitrogens with one attached hydrogen (secondary N) is 1. The Hall–Kier alpha value is -0.160. The van der Waals surface area contributed by atoms with E-state index in [0.717, 1.165) is 39.1 Å². The first-order valence-corrected chi connectivity index (χ1v) is 6.71. The monoisotopic (exact) mass is 245 g/mol. The van der Waals surface area contributed by atoms with Crippen LogP contribution in [0.1, 0.15) is 32.1 Å². The number of hydrogen-bond donors (Lipinski definition) is 1. The van der Waals surface area contributed by atoms with Gasteiger partial charge in [-0.3, -0.25) is 0 Å². The molecule has 0 aliphatic heterocycles. The Morgan fingerprint density at radius 1 is 1.06 bits per heavy atom. The molecule has 0 saturated heterocycles. The third-order valence-corrected chi connectivity index (χ3v) is 3.25. The molecular formula is C13H27NO3. The minimum atomic E-state index is 0.398. The van der Waals surface area contributed by atoms with Gasteiger partial charge in [0.1, 0.15) is 0 Å². The fourth-order valence-electron chi connectivity index (χ4n) is 2.23. The first kappa shape index (κ1) is 14.9. The minimum Gasteiger partial charge on any atom is -0.385 e. The highest BCUT2D eigenvalue weighted by atomic mass is 16.5. The molecule has 0 bridgehead atoms. The van der Waals surface area contributed by atoms with Crippen LogP contribution in [0, 0.1) is 0 Å². The van der Waals surface area contributed by atoms with E-state index < -0.39 is 0 Å². The molecule has 4 nitrogen and oxygen atoms in total. The van der Waals surface area contributed by atoms with Crippen LogP contribution in [0.5, 0.6) is 0 Å². The van der Waals surface area contributed by atoms with Crippen molar-refractivity contribution in [3.63, 3.8) is 0 Å². The van der Waals surface area contributed by atoms with Crippen LogP contribution in [-0.2, 0) is 14.2 Å². The van der Waals surface area contributed by atoms with Gasteiger partial charge in [-0.05, 0) is 38.6 Å². The number of rotatable bonds is 9. The molecular weight excluding hydrogens is 218 g/mol. The summed E-state index contributed by atoms with van der Waals surface area (Å²) in [5, 5.41) is 3.35. The van der Waals surface area contributed by atoms with Crippen LogP contribution >= 0.6 is 0 Å². The van der Waals surface area contributed by atoms with Gasteiger partial charge in [0, 0.05) is 27.4 Å². The molecule has 0 aromatic heterocycles. The zero-order chi connectivity index (χ0) is 12.3. The fraction of sp³-hybridized carbons (Fsp3) is 1.00. The minimum absolute atomic E-state index is 0.398. The van der Waals surface area contributed by atoms with E-state index in [1.54, 1.807) is 14.2 Å². The van der Waals surface area contributed by atoms with E-state index in [9.17, 15) is 0 Å². The molecule has 102 valence electrons. The van der Waals surface area contributed by atoms with Crippen molar-refractivity contribution in [2.45, 2.75) is 44.3 Å². The van der Waals surface area contributed by atoms with E-state index in [2.05, 4.69) is 5.32 Å². The lowest BCUT2D eigenvalue weighted by molar-refractivity contribution is -0.0282. The normalized spacial score (nSPS) is 25.1. The quantitative estimate of drug-likeness (QED) is 0.626. The van der Waals surface area contributed by atoms with Gasteiger partial charge in [-0.1, -0.05) is 0 Å². The molecule has 2 atom stereocenters. The summed E-state index contributed by atoms with van der Waals surface area (Å²) < 4.78 is 16.2. The van der Waals surface area contributed by atoms with Gasteiger partial charge in [0.2, 0.25) is 0 Å². The standard InChI is InChI=1S/C13H27NO3/c1-15-9-4-7-14-8-10-17-13-6-3-5-12(11-13)16-2/h12-14H,3-11H2,1-2H3. The van der Waals surface area contributed by atoms with Gasteiger partial charge in [0.25, 0.3) is 0 Å². The molecule has 2 unspecified atom stereocenters. The molecule has 17 heavy (non-hydrogen) atoms. The average Bonchev–Trinajstić information content (AvgIpc) is 2.38. The largest absolute Gasteiger partial charge is 0.385 e. The van der Waals surface area contributed by atoms with Crippen molar-refractivity contribution in [1.29, 1.82) is 0 Å². The van der Waals surface area contributed by atoms with Gasteiger partial charge in [-0.25, -0.2) is 0 Å². The lowest BCUT2D eigenvalue weighted by Gasteiger charge is -2.28. The molecule has 0 amide bonds. The zero-order valence-corrected chi connectivity index (χ0v) is 11.2. The predicted molar refractivity (Wildman–Crippen MR) is 68.4 cm³/mol. The molecule has 1 aliphatic carbocycles. The van der Waals surface area contributed by atoms with E-state index in [1.807, 2.05) is 0 Å².